The van der Waals surface area contributed by atoms with E-state index >= 15 is 0 Å². The maximum absolute atomic E-state index is 13.0. The Balaban J connectivity index is 2.00. The van der Waals surface area contributed by atoms with Gasteiger partial charge in [0, 0.05) is 17.8 Å². The second-order valence-electron chi connectivity index (χ2n) is 4.47. The highest BCUT2D eigenvalue weighted by Crippen LogP contribution is 2.27. The fourth-order valence-corrected chi connectivity index (χ4v) is 1.82. The predicted octanol–water partition coefficient (Wildman–Crippen LogP) is 2.86. The Labute approximate surface area is 131 Å². The lowest BCUT2D eigenvalue weighted by atomic mass is 10.2. The number of carbonyl (C=O) groups excluding carboxylic acids is 1. The highest BCUT2D eigenvalue weighted by molar-refractivity contribution is 5.91. The van der Waals surface area contributed by atoms with E-state index in [9.17, 15) is 13.6 Å². The monoisotopic (exact) mass is 318 g/mol. The van der Waals surface area contributed by atoms with Crippen molar-refractivity contribution in [2.24, 2.45) is 0 Å². The number of hydrogen-bond acceptors (Lipinski definition) is 4. The van der Waals surface area contributed by atoms with E-state index in [1.54, 1.807) is 0 Å². The van der Waals surface area contributed by atoms with E-state index in [1.165, 1.54) is 25.3 Å². The molecule has 2 aromatic rings. The fraction of sp³-hybridized carbons (Fsp3) is 0.125. The van der Waals surface area contributed by atoms with Crippen LogP contribution in [-0.4, -0.2) is 19.6 Å². The molecule has 0 spiro atoms. The smallest absolute Gasteiger partial charge is 0.262 e. The summed E-state index contributed by atoms with van der Waals surface area (Å²) >= 11 is 0. The van der Waals surface area contributed by atoms with Gasteiger partial charge in [0.1, 0.15) is 11.6 Å². The average Bonchev–Trinajstić information content (AvgIpc) is 2.51. The van der Waals surface area contributed by atoms with E-state index in [1.807, 2.05) is 6.07 Å². The van der Waals surface area contributed by atoms with Crippen molar-refractivity contribution < 1.29 is 23.0 Å². The Morgan fingerprint density at radius 3 is 2.48 bits per heavy atom. The molecule has 2 rings (SSSR count). The molecular formula is C16H12F2N2O3. The summed E-state index contributed by atoms with van der Waals surface area (Å²) in [4.78, 5) is 11.8. The van der Waals surface area contributed by atoms with Crippen molar-refractivity contribution in [1.82, 2.24) is 0 Å². The molecule has 7 heteroatoms. The van der Waals surface area contributed by atoms with Gasteiger partial charge in [-0.25, -0.2) is 8.78 Å². The Bertz CT molecular complexity index is 752. The minimum absolute atomic E-state index is 0.0112. The molecule has 0 aliphatic carbocycles. The van der Waals surface area contributed by atoms with Gasteiger partial charge < -0.3 is 14.8 Å². The molecule has 0 aliphatic rings. The zero-order valence-electron chi connectivity index (χ0n) is 12.1. The van der Waals surface area contributed by atoms with Gasteiger partial charge in [0.2, 0.25) is 0 Å². The third-order valence-corrected chi connectivity index (χ3v) is 2.80. The molecule has 0 saturated carbocycles. The molecule has 0 radical (unpaired) electrons. The molecule has 5 nitrogen and oxygen atoms in total. The molecule has 1 amide bonds. The van der Waals surface area contributed by atoms with Crippen LogP contribution in [0.25, 0.3) is 0 Å². The van der Waals surface area contributed by atoms with Crippen LogP contribution in [0.4, 0.5) is 14.5 Å². The predicted molar refractivity (Wildman–Crippen MR) is 78.2 cm³/mol. The SMILES string of the molecule is COc1cc(C#N)ccc1OCC(=O)Nc1cc(F)cc(F)c1. The molecule has 2 aromatic carbocycles. The summed E-state index contributed by atoms with van der Waals surface area (Å²) in [5, 5.41) is 11.1. The first-order valence-electron chi connectivity index (χ1n) is 6.48. The van der Waals surface area contributed by atoms with Crippen LogP contribution >= 0.6 is 0 Å². The van der Waals surface area contributed by atoms with Crippen molar-refractivity contribution in [2.75, 3.05) is 19.0 Å². The van der Waals surface area contributed by atoms with Crippen LogP contribution in [0.2, 0.25) is 0 Å². The standard InChI is InChI=1S/C16H12F2N2O3/c1-22-15-4-10(8-19)2-3-14(15)23-9-16(21)20-13-6-11(17)5-12(18)7-13/h2-7H,9H2,1H3,(H,20,21). The van der Waals surface area contributed by atoms with E-state index in [0.29, 0.717) is 17.4 Å². The molecular weight excluding hydrogens is 306 g/mol. The molecule has 0 unspecified atom stereocenters. The van der Waals surface area contributed by atoms with Gasteiger partial charge >= 0.3 is 0 Å². The quantitative estimate of drug-likeness (QED) is 0.920. The normalized spacial score (nSPS) is 9.83. The van der Waals surface area contributed by atoms with Crippen LogP contribution in [0.5, 0.6) is 11.5 Å². The van der Waals surface area contributed by atoms with Gasteiger partial charge in [-0.15, -0.1) is 0 Å². The van der Waals surface area contributed by atoms with Crippen molar-refractivity contribution in [3.63, 3.8) is 0 Å². The number of hydrogen-bond donors (Lipinski definition) is 1. The number of anilines is 1. The number of methoxy groups -OCH3 is 1. The van der Waals surface area contributed by atoms with Gasteiger partial charge in [-0.05, 0) is 24.3 Å². The third kappa shape index (κ3) is 4.41. The van der Waals surface area contributed by atoms with Crippen molar-refractivity contribution in [2.45, 2.75) is 0 Å². The van der Waals surface area contributed by atoms with Crippen LogP contribution in [-0.2, 0) is 4.79 Å². The molecule has 0 atom stereocenters. The molecule has 0 saturated heterocycles. The van der Waals surface area contributed by atoms with Gasteiger partial charge in [-0.1, -0.05) is 0 Å². The summed E-state index contributed by atoms with van der Waals surface area (Å²) in [5.41, 5.74) is 0.372. The minimum Gasteiger partial charge on any atom is -0.493 e. The molecule has 0 fully saturated rings. The lowest BCUT2D eigenvalue weighted by molar-refractivity contribution is -0.118. The molecule has 118 valence electrons. The molecule has 0 heterocycles. The first kappa shape index (κ1) is 16.2. The van der Waals surface area contributed by atoms with Gasteiger partial charge in [0.25, 0.3) is 5.91 Å². The second-order valence-corrected chi connectivity index (χ2v) is 4.47. The Morgan fingerprint density at radius 2 is 1.87 bits per heavy atom. The average molecular weight is 318 g/mol. The summed E-state index contributed by atoms with van der Waals surface area (Å²) in [6.45, 7) is -0.388. The summed E-state index contributed by atoms with van der Waals surface area (Å²) in [6.07, 6.45) is 0. The molecule has 0 aromatic heterocycles. The molecule has 1 N–H and O–H groups in total. The zero-order valence-corrected chi connectivity index (χ0v) is 12.1. The van der Waals surface area contributed by atoms with Crippen molar-refractivity contribution in [1.29, 1.82) is 5.26 Å². The Hall–Kier alpha value is -3.14. The van der Waals surface area contributed by atoms with Crippen LogP contribution < -0.4 is 14.8 Å². The first-order valence-corrected chi connectivity index (χ1v) is 6.48. The highest BCUT2D eigenvalue weighted by Gasteiger charge is 2.10. The number of amides is 1. The Kier molecular flexibility index (Phi) is 5.10. The van der Waals surface area contributed by atoms with Crippen LogP contribution in [0.15, 0.2) is 36.4 Å². The maximum atomic E-state index is 13.0. The van der Waals surface area contributed by atoms with Gasteiger partial charge in [0.05, 0.1) is 18.7 Å². The lowest BCUT2D eigenvalue weighted by Gasteiger charge is -2.11. The van der Waals surface area contributed by atoms with Crippen LogP contribution in [0, 0.1) is 23.0 Å². The first-order chi connectivity index (χ1) is 11.0. The fourth-order valence-electron chi connectivity index (χ4n) is 1.82. The van der Waals surface area contributed by atoms with Crippen molar-refractivity contribution in [3.8, 4) is 17.6 Å². The largest absolute Gasteiger partial charge is 0.493 e. The number of halogens is 2. The topological polar surface area (TPSA) is 71.3 Å². The summed E-state index contributed by atoms with van der Waals surface area (Å²) in [5.74, 6) is -1.62. The van der Waals surface area contributed by atoms with E-state index in [4.69, 9.17) is 14.7 Å². The van der Waals surface area contributed by atoms with Gasteiger partial charge in [0.15, 0.2) is 18.1 Å². The number of carbonyl (C=O) groups is 1. The van der Waals surface area contributed by atoms with E-state index in [0.717, 1.165) is 12.1 Å². The van der Waals surface area contributed by atoms with E-state index in [-0.39, 0.29) is 18.0 Å². The number of nitrogens with zero attached hydrogens (tertiary/aromatic N) is 1. The minimum atomic E-state index is -0.796. The summed E-state index contributed by atoms with van der Waals surface area (Å²) in [6, 6.07) is 9.10. The van der Waals surface area contributed by atoms with Crippen molar-refractivity contribution in [3.05, 3.63) is 53.6 Å². The van der Waals surface area contributed by atoms with E-state index < -0.39 is 17.5 Å². The molecule has 0 bridgehead atoms. The second kappa shape index (κ2) is 7.22. The number of nitrogens with one attached hydrogen (secondary N) is 1. The van der Waals surface area contributed by atoms with Gasteiger partial charge in [-0.2, -0.15) is 5.26 Å². The van der Waals surface area contributed by atoms with E-state index in [2.05, 4.69) is 5.32 Å². The van der Waals surface area contributed by atoms with Gasteiger partial charge in [-0.3, -0.25) is 4.79 Å². The molecule has 23 heavy (non-hydrogen) atoms. The summed E-state index contributed by atoms with van der Waals surface area (Å²) < 4.78 is 36.4. The number of nitriles is 1. The van der Waals surface area contributed by atoms with Crippen LogP contribution in [0.1, 0.15) is 5.56 Å². The number of benzene rings is 2. The summed E-state index contributed by atoms with van der Waals surface area (Å²) in [7, 11) is 1.40. The Morgan fingerprint density at radius 1 is 1.17 bits per heavy atom. The number of rotatable bonds is 5. The third-order valence-electron chi connectivity index (χ3n) is 2.80. The van der Waals surface area contributed by atoms with Crippen LogP contribution in [0.3, 0.4) is 0 Å². The number of ether oxygens (including phenoxy) is 2. The lowest BCUT2D eigenvalue weighted by Crippen LogP contribution is -2.20. The van der Waals surface area contributed by atoms with Crippen molar-refractivity contribution >= 4 is 11.6 Å². The zero-order chi connectivity index (χ0) is 16.8. The highest BCUT2D eigenvalue weighted by atomic mass is 19.1. The molecule has 0 aliphatic heterocycles. The maximum Gasteiger partial charge on any atom is 0.262 e.